The van der Waals surface area contributed by atoms with Crippen LogP contribution in [0.25, 0.3) is 0 Å². The molecule has 0 aromatic heterocycles. The Labute approximate surface area is 119 Å². The summed E-state index contributed by atoms with van der Waals surface area (Å²) in [6, 6.07) is 16.4. The van der Waals surface area contributed by atoms with E-state index < -0.39 is 0 Å². The average molecular weight is 275 g/mol. The van der Waals surface area contributed by atoms with E-state index in [2.05, 4.69) is 36.1 Å². The minimum atomic E-state index is 0.624. The molecular formula is C16H19ClN2. The second-order valence-electron chi connectivity index (χ2n) is 4.63. The maximum absolute atomic E-state index is 6.11. The van der Waals surface area contributed by atoms with Crippen LogP contribution in [0.5, 0.6) is 0 Å². The first kappa shape index (κ1) is 13.9. The maximum atomic E-state index is 6.11. The molecule has 2 aromatic carbocycles. The van der Waals surface area contributed by atoms with E-state index in [1.807, 2.05) is 24.3 Å². The first-order valence-corrected chi connectivity index (χ1v) is 6.83. The molecule has 0 bridgehead atoms. The van der Waals surface area contributed by atoms with E-state index in [1.54, 1.807) is 0 Å². The van der Waals surface area contributed by atoms with Gasteiger partial charge in [0, 0.05) is 30.3 Å². The molecule has 0 amide bonds. The number of nitrogens with two attached hydrogens (primary N) is 1. The fourth-order valence-corrected chi connectivity index (χ4v) is 2.33. The van der Waals surface area contributed by atoms with Crippen LogP contribution in [0.1, 0.15) is 11.1 Å². The van der Waals surface area contributed by atoms with Gasteiger partial charge in [-0.15, -0.1) is 0 Å². The van der Waals surface area contributed by atoms with Crippen LogP contribution >= 0.6 is 11.6 Å². The predicted octanol–water partition coefficient (Wildman–Crippen LogP) is 3.61. The van der Waals surface area contributed by atoms with Gasteiger partial charge in [0.15, 0.2) is 0 Å². The van der Waals surface area contributed by atoms with Gasteiger partial charge in [-0.3, -0.25) is 0 Å². The summed E-state index contributed by atoms with van der Waals surface area (Å²) in [6.07, 6.45) is 0. The van der Waals surface area contributed by atoms with Gasteiger partial charge >= 0.3 is 0 Å². The fourth-order valence-electron chi connectivity index (χ4n) is 2.17. The van der Waals surface area contributed by atoms with Gasteiger partial charge in [0.25, 0.3) is 0 Å². The molecule has 0 heterocycles. The van der Waals surface area contributed by atoms with Gasteiger partial charge in [0.05, 0.1) is 0 Å². The zero-order valence-corrected chi connectivity index (χ0v) is 11.9. The van der Waals surface area contributed by atoms with Crippen LogP contribution in [0.4, 0.5) is 5.69 Å². The van der Waals surface area contributed by atoms with Gasteiger partial charge in [-0.1, -0.05) is 48.0 Å². The van der Waals surface area contributed by atoms with Crippen molar-refractivity contribution >= 4 is 17.3 Å². The third-order valence-electron chi connectivity index (χ3n) is 3.13. The number of benzene rings is 2. The summed E-state index contributed by atoms with van der Waals surface area (Å²) < 4.78 is 0. The molecule has 0 atom stereocenters. The van der Waals surface area contributed by atoms with Crippen LogP contribution in [0.3, 0.4) is 0 Å². The Kier molecular flexibility index (Phi) is 4.83. The van der Waals surface area contributed by atoms with E-state index in [4.69, 9.17) is 17.3 Å². The van der Waals surface area contributed by atoms with Crippen LogP contribution in [-0.2, 0) is 6.54 Å². The zero-order chi connectivity index (χ0) is 13.7. The summed E-state index contributed by atoms with van der Waals surface area (Å²) in [5.41, 5.74) is 9.38. The Balaban J connectivity index is 2.27. The van der Waals surface area contributed by atoms with E-state index >= 15 is 0 Å². The molecule has 0 saturated carbocycles. The number of aryl methyl sites for hydroxylation is 1. The lowest BCUT2D eigenvalue weighted by atomic mass is 10.1. The van der Waals surface area contributed by atoms with Crippen molar-refractivity contribution in [2.24, 2.45) is 5.73 Å². The molecular weight excluding hydrogens is 256 g/mol. The van der Waals surface area contributed by atoms with Gasteiger partial charge < -0.3 is 10.6 Å². The number of anilines is 1. The van der Waals surface area contributed by atoms with Crippen LogP contribution in [0, 0.1) is 6.92 Å². The predicted molar refractivity (Wildman–Crippen MR) is 82.7 cm³/mol. The third kappa shape index (κ3) is 3.72. The van der Waals surface area contributed by atoms with Gasteiger partial charge in [0.2, 0.25) is 0 Å². The highest BCUT2D eigenvalue weighted by atomic mass is 35.5. The van der Waals surface area contributed by atoms with Crippen molar-refractivity contribution in [1.29, 1.82) is 0 Å². The standard InChI is InChI=1S/C16H19ClN2/c1-13-7-8-15(17)11-16(13)19(10-9-18)12-14-5-3-2-4-6-14/h2-8,11H,9-10,12,18H2,1H3. The Hall–Kier alpha value is -1.51. The van der Waals surface area contributed by atoms with Gasteiger partial charge in [0.1, 0.15) is 0 Å². The lowest BCUT2D eigenvalue weighted by Crippen LogP contribution is -2.29. The lowest BCUT2D eigenvalue weighted by molar-refractivity contribution is 0.787. The van der Waals surface area contributed by atoms with Gasteiger partial charge in [-0.25, -0.2) is 0 Å². The highest BCUT2D eigenvalue weighted by molar-refractivity contribution is 6.30. The topological polar surface area (TPSA) is 29.3 Å². The minimum Gasteiger partial charge on any atom is -0.366 e. The first-order chi connectivity index (χ1) is 9.20. The molecule has 0 fully saturated rings. The molecule has 2 N–H and O–H groups in total. The molecule has 0 saturated heterocycles. The molecule has 3 heteroatoms. The second kappa shape index (κ2) is 6.60. The first-order valence-electron chi connectivity index (χ1n) is 6.46. The largest absolute Gasteiger partial charge is 0.366 e. The van der Waals surface area contributed by atoms with E-state index in [9.17, 15) is 0 Å². The van der Waals surface area contributed by atoms with E-state index in [0.29, 0.717) is 6.54 Å². The summed E-state index contributed by atoms with van der Waals surface area (Å²) >= 11 is 6.11. The monoisotopic (exact) mass is 274 g/mol. The quantitative estimate of drug-likeness (QED) is 0.902. The van der Waals surface area contributed by atoms with E-state index in [-0.39, 0.29) is 0 Å². The number of hydrogen-bond donors (Lipinski definition) is 1. The highest BCUT2D eigenvalue weighted by Gasteiger charge is 2.09. The molecule has 2 nitrogen and oxygen atoms in total. The Morgan fingerprint density at radius 1 is 1.11 bits per heavy atom. The number of rotatable bonds is 5. The van der Waals surface area contributed by atoms with Crippen molar-refractivity contribution in [3.8, 4) is 0 Å². The van der Waals surface area contributed by atoms with Crippen molar-refractivity contribution < 1.29 is 0 Å². The summed E-state index contributed by atoms with van der Waals surface area (Å²) in [5.74, 6) is 0. The molecule has 2 rings (SSSR count). The van der Waals surface area contributed by atoms with Gasteiger partial charge in [-0.05, 0) is 30.2 Å². The number of halogens is 1. The SMILES string of the molecule is Cc1ccc(Cl)cc1N(CCN)Cc1ccccc1. The molecule has 0 radical (unpaired) electrons. The van der Waals surface area contributed by atoms with Crippen LogP contribution < -0.4 is 10.6 Å². The van der Waals surface area contributed by atoms with Crippen molar-refractivity contribution in [1.82, 2.24) is 0 Å². The van der Waals surface area contributed by atoms with Crippen molar-refractivity contribution in [2.75, 3.05) is 18.0 Å². The molecule has 0 aliphatic heterocycles. The van der Waals surface area contributed by atoms with Crippen molar-refractivity contribution in [3.05, 3.63) is 64.7 Å². The molecule has 100 valence electrons. The lowest BCUT2D eigenvalue weighted by Gasteiger charge is -2.26. The zero-order valence-electron chi connectivity index (χ0n) is 11.1. The molecule has 0 aliphatic rings. The van der Waals surface area contributed by atoms with Gasteiger partial charge in [-0.2, -0.15) is 0 Å². The smallest absolute Gasteiger partial charge is 0.0430 e. The molecule has 0 spiro atoms. The maximum Gasteiger partial charge on any atom is 0.0430 e. The fraction of sp³-hybridized carbons (Fsp3) is 0.250. The van der Waals surface area contributed by atoms with E-state index in [1.165, 1.54) is 11.1 Å². The van der Waals surface area contributed by atoms with Crippen molar-refractivity contribution in [3.63, 3.8) is 0 Å². The summed E-state index contributed by atoms with van der Waals surface area (Å²) in [6.45, 7) is 4.38. The van der Waals surface area contributed by atoms with Crippen molar-refractivity contribution in [2.45, 2.75) is 13.5 Å². The molecule has 2 aromatic rings. The number of hydrogen-bond acceptors (Lipinski definition) is 2. The Bertz CT molecular complexity index is 526. The third-order valence-corrected chi connectivity index (χ3v) is 3.36. The summed E-state index contributed by atoms with van der Waals surface area (Å²) in [5, 5.41) is 0.760. The molecule has 0 unspecified atom stereocenters. The summed E-state index contributed by atoms with van der Waals surface area (Å²) in [4.78, 5) is 2.27. The Morgan fingerprint density at radius 3 is 2.53 bits per heavy atom. The van der Waals surface area contributed by atoms with Crippen LogP contribution in [-0.4, -0.2) is 13.1 Å². The van der Waals surface area contributed by atoms with Crippen LogP contribution in [0.2, 0.25) is 5.02 Å². The highest BCUT2D eigenvalue weighted by Crippen LogP contribution is 2.25. The van der Waals surface area contributed by atoms with E-state index in [0.717, 1.165) is 23.8 Å². The minimum absolute atomic E-state index is 0.624. The Morgan fingerprint density at radius 2 is 1.84 bits per heavy atom. The normalized spacial score (nSPS) is 10.5. The van der Waals surface area contributed by atoms with Crippen LogP contribution in [0.15, 0.2) is 48.5 Å². The second-order valence-corrected chi connectivity index (χ2v) is 5.06. The number of nitrogens with zero attached hydrogens (tertiary/aromatic N) is 1. The molecule has 0 aliphatic carbocycles. The summed E-state index contributed by atoms with van der Waals surface area (Å²) in [7, 11) is 0. The molecule has 19 heavy (non-hydrogen) atoms. The average Bonchev–Trinajstić information content (AvgIpc) is 2.42.